The van der Waals surface area contributed by atoms with Crippen molar-refractivity contribution in [3.63, 3.8) is 0 Å². The smallest absolute Gasteiger partial charge is 0.0540 e. The maximum Gasteiger partial charge on any atom is 0.0540 e. The number of rotatable bonds is 3. The van der Waals surface area contributed by atoms with Crippen LogP contribution in [0.4, 0.5) is 0 Å². The number of thiophene rings is 1. The fourth-order valence-corrected chi connectivity index (χ4v) is 4.43. The van der Waals surface area contributed by atoms with Gasteiger partial charge in [0, 0.05) is 9.35 Å². The zero-order chi connectivity index (χ0) is 11.5. The van der Waals surface area contributed by atoms with Gasteiger partial charge in [-0.1, -0.05) is 45.8 Å². The molecule has 1 aromatic carbocycles. The van der Waals surface area contributed by atoms with Crippen molar-refractivity contribution >= 4 is 43.2 Å². The van der Waals surface area contributed by atoms with Gasteiger partial charge in [0.25, 0.3) is 0 Å². The quantitative estimate of drug-likeness (QED) is 0.635. The van der Waals surface area contributed by atoms with Crippen molar-refractivity contribution in [2.45, 2.75) is 18.2 Å². The minimum Gasteiger partial charge on any atom is -0.147 e. The van der Waals surface area contributed by atoms with Gasteiger partial charge in [0.15, 0.2) is 0 Å². The summed E-state index contributed by atoms with van der Waals surface area (Å²) < 4.78 is 1.20. The number of halogens is 2. The molecule has 2 aromatic rings. The van der Waals surface area contributed by atoms with E-state index in [1.54, 1.807) is 11.3 Å². The Morgan fingerprint density at radius 2 is 1.88 bits per heavy atom. The van der Waals surface area contributed by atoms with Gasteiger partial charge in [-0.3, -0.25) is 0 Å². The molecule has 16 heavy (non-hydrogen) atoms. The molecule has 1 heterocycles. The average Bonchev–Trinajstić information content (AvgIpc) is 2.68. The molecule has 2 rings (SSSR count). The molecule has 0 spiro atoms. The molecule has 0 amide bonds. The van der Waals surface area contributed by atoms with Crippen LogP contribution in [0.2, 0.25) is 0 Å². The lowest BCUT2D eigenvalue weighted by Gasteiger charge is -2.09. The molecule has 1 atom stereocenters. The molecule has 0 fully saturated rings. The third kappa shape index (κ3) is 2.96. The summed E-state index contributed by atoms with van der Waals surface area (Å²) in [5.74, 6) is 0. The van der Waals surface area contributed by atoms with Gasteiger partial charge in [0.1, 0.15) is 0 Å². The van der Waals surface area contributed by atoms with E-state index in [-0.39, 0.29) is 0 Å². The molecular formula is C13H12Br2S. The largest absolute Gasteiger partial charge is 0.147 e. The lowest BCUT2D eigenvalue weighted by molar-refractivity contribution is 0.964. The topological polar surface area (TPSA) is 0 Å². The third-order valence-electron chi connectivity index (χ3n) is 2.46. The van der Waals surface area contributed by atoms with E-state index in [4.69, 9.17) is 0 Å². The Bertz CT molecular complexity index is 459. The number of alkyl halides is 1. The maximum atomic E-state index is 3.75. The standard InChI is InChI=1S/C13H12Br2S/c1-9-2-4-10(5-3-9)8-12(15)13-11(14)6-7-16-13/h2-7,12H,8H2,1H3. The van der Waals surface area contributed by atoms with Gasteiger partial charge < -0.3 is 0 Å². The van der Waals surface area contributed by atoms with Gasteiger partial charge in [-0.05, 0) is 46.3 Å². The lowest BCUT2D eigenvalue weighted by Crippen LogP contribution is -1.93. The van der Waals surface area contributed by atoms with Crippen LogP contribution in [0.3, 0.4) is 0 Å². The summed E-state index contributed by atoms with van der Waals surface area (Å²) in [7, 11) is 0. The zero-order valence-electron chi connectivity index (χ0n) is 8.91. The van der Waals surface area contributed by atoms with Crippen molar-refractivity contribution in [2.24, 2.45) is 0 Å². The van der Waals surface area contributed by atoms with Gasteiger partial charge >= 0.3 is 0 Å². The highest BCUT2D eigenvalue weighted by Gasteiger charge is 2.12. The molecule has 0 radical (unpaired) electrons. The van der Waals surface area contributed by atoms with Crippen molar-refractivity contribution in [3.05, 3.63) is 56.2 Å². The van der Waals surface area contributed by atoms with Crippen molar-refractivity contribution in [1.29, 1.82) is 0 Å². The van der Waals surface area contributed by atoms with E-state index in [0.717, 1.165) is 6.42 Å². The van der Waals surface area contributed by atoms with Crippen LogP contribution in [0.25, 0.3) is 0 Å². The molecule has 1 unspecified atom stereocenters. The molecule has 84 valence electrons. The minimum atomic E-state index is 0.393. The first kappa shape index (κ1) is 12.3. The van der Waals surface area contributed by atoms with E-state index in [9.17, 15) is 0 Å². The van der Waals surface area contributed by atoms with Gasteiger partial charge in [-0.25, -0.2) is 0 Å². The van der Waals surface area contributed by atoms with Crippen LogP contribution in [-0.2, 0) is 6.42 Å². The lowest BCUT2D eigenvalue weighted by atomic mass is 10.1. The number of hydrogen-bond acceptors (Lipinski definition) is 1. The number of aryl methyl sites for hydroxylation is 1. The first-order valence-electron chi connectivity index (χ1n) is 5.09. The summed E-state index contributed by atoms with van der Waals surface area (Å²) >= 11 is 9.11. The van der Waals surface area contributed by atoms with Crippen LogP contribution in [0.5, 0.6) is 0 Å². The zero-order valence-corrected chi connectivity index (χ0v) is 12.9. The molecule has 1 aromatic heterocycles. The van der Waals surface area contributed by atoms with Crippen molar-refractivity contribution in [1.82, 2.24) is 0 Å². The Morgan fingerprint density at radius 3 is 2.44 bits per heavy atom. The first-order chi connectivity index (χ1) is 7.66. The van der Waals surface area contributed by atoms with Crippen LogP contribution in [-0.4, -0.2) is 0 Å². The minimum absolute atomic E-state index is 0.393. The highest BCUT2D eigenvalue weighted by atomic mass is 79.9. The van der Waals surface area contributed by atoms with E-state index >= 15 is 0 Å². The van der Waals surface area contributed by atoms with Crippen LogP contribution < -0.4 is 0 Å². The fourth-order valence-electron chi connectivity index (χ4n) is 1.55. The highest BCUT2D eigenvalue weighted by molar-refractivity contribution is 9.11. The van der Waals surface area contributed by atoms with Crippen molar-refractivity contribution in [3.8, 4) is 0 Å². The monoisotopic (exact) mass is 358 g/mol. The Balaban J connectivity index is 2.10. The van der Waals surface area contributed by atoms with Crippen LogP contribution in [0, 0.1) is 6.92 Å². The van der Waals surface area contributed by atoms with Crippen LogP contribution in [0.1, 0.15) is 20.8 Å². The molecular weight excluding hydrogens is 348 g/mol. The molecule has 3 heteroatoms. The number of hydrogen-bond donors (Lipinski definition) is 0. The third-order valence-corrected chi connectivity index (χ3v) is 5.53. The second kappa shape index (κ2) is 5.48. The summed E-state index contributed by atoms with van der Waals surface area (Å²) in [6.45, 7) is 2.12. The summed E-state index contributed by atoms with van der Waals surface area (Å²) in [5, 5.41) is 2.11. The molecule has 0 bridgehead atoms. The summed E-state index contributed by atoms with van der Waals surface area (Å²) in [6, 6.07) is 10.8. The Kier molecular flexibility index (Phi) is 4.22. The van der Waals surface area contributed by atoms with E-state index in [2.05, 4.69) is 74.5 Å². The summed E-state index contributed by atoms with van der Waals surface area (Å²) in [4.78, 5) is 1.75. The molecule has 0 aliphatic rings. The molecule has 0 aliphatic carbocycles. The molecule has 0 saturated carbocycles. The second-order valence-corrected chi connectivity index (χ2v) is 6.70. The van der Waals surface area contributed by atoms with Crippen LogP contribution in [0.15, 0.2) is 40.2 Å². The normalized spacial score (nSPS) is 12.7. The van der Waals surface area contributed by atoms with E-state index < -0.39 is 0 Å². The predicted molar refractivity (Wildman–Crippen MR) is 78.6 cm³/mol. The predicted octanol–water partition coefficient (Wildman–Crippen LogP) is 5.50. The molecule has 0 N–H and O–H groups in total. The van der Waals surface area contributed by atoms with Crippen molar-refractivity contribution < 1.29 is 0 Å². The maximum absolute atomic E-state index is 3.75. The Labute approximate surface area is 117 Å². The van der Waals surface area contributed by atoms with Crippen LogP contribution >= 0.6 is 43.2 Å². The SMILES string of the molecule is Cc1ccc(CC(Br)c2sccc2Br)cc1. The number of benzene rings is 1. The Morgan fingerprint density at radius 1 is 1.19 bits per heavy atom. The highest BCUT2D eigenvalue weighted by Crippen LogP contribution is 2.36. The van der Waals surface area contributed by atoms with E-state index in [1.807, 2.05) is 0 Å². The van der Waals surface area contributed by atoms with Gasteiger partial charge in [0.05, 0.1) is 4.83 Å². The molecule has 0 nitrogen and oxygen atoms in total. The van der Waals surface area contributed by atoms with Gasteiger partial charge in [-0.2, -0.15) is 0 Å². The first-order valence-corrected chi connectivity index (χ1v) is 7.68. The van der Waals surface area contributed by atoms with Gasteiger partial charge in [-0.15, -0.1) is 11.3 Å². The summed E-state index contributed by atoms with van der Waals surface area (Å²) in [6.07, 6.45) is 1.03. The molecule has 0 aliphatic heterocycles. The molecule has 0 saturated heterocycles. The Hall–Kier alpha value is -0.120. The van der Waals surface area contributed by atoms with Gasteiger partial charge in [0.2, 0.25) is 0 Å². The fraction of sp³-hybridized carbons (Fsp3) is 0.231. The second-order valence-electron chi connectivity index (χ2n) is 3.79. The van der Waals surface area contributed by atoms with Crippen molar-refractivity contribution in [2.75, 3.05) is 0 Å². The van der Waals surface area contributed by atoms with E-state index in [0.29, 0.717) is 4.83 Å². The van der Waals surface area contributed by atoms with E-state index in [1.165, 1.54) is 20.5 Å². The average molecular weight is 360 g/mol. The summed E-state index contributed by atoms with van der Waals surface area (Å²) in [5.41, 5.74) is 2.68.